The van der Waals surface area contributed by atoms with Crippen molar-refractivity contribution < 1.29 is 4.74 Å². The first kappa shape index (κ1) is 11.4. The van der Waals surface area contributed by atoms with Crippen LogP contribution < -0.4 is 10.1 Å². The Morgan fingerprint density at radius 1 is 1.47 bits per heavy atom. The first-order valence-electron chi connectivity index (χ1n) is 5.61. The molecule has 0 amide bonds. The number of aromatic nitrogens is 3. The molecule has 0 saturated carbocycles. The first-order chi connectivity index (χ1) is 8.31. The van der Waals surface area contributed by atoms with Gasteiger partial charge < -0.3 is 10.1 Å². The van der Waals surface area contributed by atoms with Gasteiger partial charge in [0.05, 0.1) is 18.5 Å². The van der Waals surface area contributed by atoms with E-state index < -0.39 is 0 Å². The minimum Gasteiger partial charge on any atom is -0.476 e. The Kier molecular flexibility index (Phi) is 3.59. The van der Waals surface area contributed by atoms with Crippen molar-refractivity contribution in [2.24, 2.45) is 0 Å². The van der Waals surface area contributed by atoms with E-state index in [1.807, 2.05) is 32.2 Å². The lowest BCUT2D eigenvalue weighted by Crippen LogP contribution is -2.04. The third-order valence-corrected chi connectivity index (χ3v) is 2.46. The van der Waals surface area contributed by atoms with Crippen molar-refractivity contribution in [1.29, 1.82) is 0 Å². The second kappa shape index (κ2) is 5.34. The summed E-state index contributed by atoms with van der Waals surface area (Å²) in [7, 11) is 0. The van der Waals surface area contributed by atoms with Crippen LogP contribution in [-0.4, -0.2) is 21.8 Å². The highest BCUT2D eigenvalue weighted by molar-refractivity contribution is 5.52. The Hall–Kier alpha value is -2.04. The molecule has 2 aromatic rings. The van der Waals surface area contributed by atoms with E-state index in [1.165, 1.54) is 0 Å². The number of nitrogens with one attached hydrogen (secondary N) is 2. The minimum absolute atomic E-state index is 0.608. The van der Waals surface area contributed by atoms with E-state index >= 15 is 0 Å². The Morgan fingerprint density at radius 2 is 2.35 bits per heavy atom. The SMILES string of the molecule is CCOc1ncccc1NCc1cn[nH]c1C. The molecular weight excluding hydrogens is 216 g/mol. The van der Waals surface area contributed by atoms with Gasteiger partial charge in [-0.25, -0.2) is 4.98 Å². The van der Waals surface area contributed by atoms with E-state index in [0.29, 0.717) is 19.0 Å². The van der Waals surface area contributed by atoms with Gasteiger partial charge in [0, 0.05) is 24.0 Å². The topological polar surface area (TPSA) is 62.8 Å². The number of aryl methyl sites for hydroxylation is 1. The molecular formula is C12H16N4O. The van der Waals surface area contributed by atoms with Crippen LogP contribution in [-0.2, 0) is 6.54 Å². The number of hydrogen-bond acceptors (Lipinski definition) is 4. The summed E-state index contributed by atoms with van der Waals surface area (Å²) < 4.78 is 5.44. The second-order valence-corrected chi connectivity index (χ2v) is 3.66. The molecule has 5 nitrogen and oxygen atoms in total. The standard InChI is InChI=1S/C12H16N4O/c1-3-17-12-11(5-4-6-13-12)14-7-10-8-15-16-9(10)2/h4-6,8,14H,3,7H2,1-2H3,(H,15,16). The lowest BCUT2D eigenvalue weighted by Gasteiger charge is -2.10. The fourth-order valence-electron chi connectivity index (χ4n) is 1.52. The van der Waals surface area contributed by atoms with Gasteiger partial charge in [0.25, 0.3) is 0 Å². The number of rotatable bonds is 5. The zero-order chi connectivity index (χ0) is 12.1. The molecule has 0 unspecified atom stereocenters. The third kappa shape index (κ3) is 2.75. The molecule has 2 N–H and O–H groups in total. The number of pyridine rings is 1. The summed E-state index contributed by atoms with van der Waals surface area (Å²) >= 11 is 0. The summed E-state index contributed by atoms with van der Waals surface area (Å²) in [4.78, 5) is 4.18. The highest BCUT2D eigenvalue weighted by atomic mass is 16.5. The van der Waals surface area contributed by atoms with Crippen LogP contribution >= 0.6 is 0 Å². The normalized spacial score (nSPS) is 10.2. The van der Waals surface area contributed by atoms with Crippen LogP contribution in [0, 0.1) is 6.92 Å². The highest BCUT2D eigenvalue weighted by Crippen LogP contribution is 2.21. The molecule has 0 aromatic carbocycles. The average Bonchev–Trinajstić information content (AvgIpc) is 2.74. The van der Waals surface area contributed by atoms with Crippen molar-refractivity contribution in [2.75, 3.05) is 11.9 Å². The summed E-state index contributed by atoms with van der Waals surface area (Å²) in [5.74, 6) is 0.635. The van der Waals surface area contributed by atoms with Gasteiger partial charge in [0.2, 0.25) is 5.88 Å². The van der Waals surface area contributed by atoms with Gasteiger partial charge in [0.15, 0.2) is 0 Å². The summed E-state index contributed by atoms with van der Waals surface area (Å²) in [6.07, 6.45) is 3.54. The number of anilines is 1. The van der Waals surface area contributed by atoms with Crippen molar-refractivity contribution in [3.8, 4) is 5.88 Å². The quantitative estimate of drug-likeness (QED) is 0.829. The van der Waals surface area contributed by atoms with Crippen LogP contribution in [0.2, 0.25) is 0 Å². The Morgan fingerprint density at radius 3 is 3.06 bits per heavy atom. The third-order valence-electron chi connectivity index (χ3n) is 2.46. The molecule has 0 aliphatic rings. The molecule has 0 saturated heterocycles. The average molecular weight is 232 g/mol. The van der Waals surface area contributed by atoms with Crippen LogP contribution in [0.4, 0.5) is 5.69 Å². The van der Waals surface area contributed by atoms with E-state index in [4.69, 9.17) is 4.74 Å². The molecule has 2 heterocycles. The summed E-state index contributed by atoms with van der Waals surface area (Å²) in [5.41, 5.74) is 3.10. The number of ether oxygens (including phenoxy) is 1. The largest absolute Gasteiger partial charge is 0.476 e. The number of aromatic amines is 1. The summed E-state index contributed by atoms with van der Waals surface area (Å²) in [6.45, 7) is 5.25. The van der Waals surface area contributed by atoms with Gasteiger partial charge in [-0.1, -0.05) is 0 Å². The molecule has 0 spiro atoms. The number of H-pyrrole nitrogens is 1. The van der Waals surface area contributed by atoms with Crippen molar-refractivity contribution >= 4 is 5.69 Å². The first-order valence-corrected chi connectivity index (χ1v) is 5.61. The lowest BCUT2D eigenvalue weighted by molar-refractivity contribution is 0.328. The van der Waals surface area contributed by atoms with Gasteiger partial charge >= 0.3 is 0 Å². The zero-order valence-electron chi connectivity index (χ0n) is 10.0. The van der Waals surface area contributed by atoms with Gasteiger partial charge in [-0.15, -0.1) is 0 Å². The smallest absolute Gasteiger partial charge is 0.237 e. The van der Waals surface area contributed by atoms with Gasteiger partial charge in [-0.05, 0) is 26.0 Å². The number of nitrogens with zero attached hydrogens (tertiary/aromatic N) is 2. The van der Waals surface area contributed by atoms with Crippen LogP contribution in [0.3, 0.4) is 0 Å². The molecule has 2 aromatic heterocycles. The van der Waals surface area contributed by atoms with E-state index in [2.05, 4.69) is 20.5 Å². The molecule has 17 heavy (non-hydrogen) atoms. The molecule has 0 aliphatic heterocycles. The van der Waals surface area contributed by atoms with Crippen LogP contribution in [0.15, 0.2) is 24.5 Å². The molecule has 5 heteroatoms. The van der Waals surface area contributed by atoms with Crippen LogP contribution in [0.5, 0.6) is 5.88 Å². The molecule has 0 atom stereocenters. The Balaban J connectivity index is 2.06. The van der Waals surface area contributed by atoms with Gasteiger partial charge in [-0.2, -0.15) is 5.10 Å². The van der Waals surface area contributed by atoms with Crippen molar-refractivity contribution in [3.05, 3.63) is 35.8 Å². The molecule has 2 rings (SSSR count). The van der Waals surface area contributed by atoms with Gasteiger partial charge in [-0.3, -0.25) is 5.10 Å². The van der Waals surface area contributed by atoms with Gasteiger partial charge in [0.1, 0.15) is 0 Å². The molecule has 90 valence electrons. The molecule has 0 radical (unpaired) electrons. The van der Waals surface area contributed by atoms with E-state index in [1.54, 1.807) is 6.20 Å². The lowest BCUT2D eigenvalue weighted by atomic mass is 10.2. The fraction of sp³-hybridized carbons (Fsp3) is 0.333. The minimum atomic E-state index is 0.608. The van der Waals surface area contributed by atoms with Crippen molar-refractivity contribution in [3.63, 3.8) is 0 Å². The maximum Gasteiger partial charge on any atom is 0.237 e. The molecule has 0 aliphatic carbocycles. The molecule has 0 fully saturated rings. The Labute approximate surface area is 100 Å². The maximum atomic E-state index is 5.44. The predicted octanol–water partition coefficient (Wildman–Crippen LogP) is 2.12. The highest BCUT2D eigenvalue weighted by Gasteiger charge is 2.05. The van der Waals surface area contributed by atoms with E-state index in [9.17, 15) is 0 Å². The van der Waals surface area contributed by atoms with Crippen molar-refractivity contribution in [2.45, 2.75) is 20.4 Å². The van der Waals surface area contributed by atoms with Crippen LogP contribution in [0.25, 0.3) is 0 Å². The maximum absolute atomic E-state index is 5.44. The summed E-state index contributed by atoms with van der Waals surface area (Å²) in [6, 6.07) is 3.83. The molecule has 0 bridgehead atoms. The monoisotopic (exact) mass is 232 g/mol. The van der Waals surface area contributed by atoms with E-state index in [-0.39, 0.29) is 0 Å². The van der Waals surface area contributed by atoms with Crippen LogP contribution in [0.1, 0.15) is 18.2 Å². The number of hydrogen-bond donors (Lipinski definition) is 2. The van der Waals surface area contributed by atoms with Crippen molar-refractivity contribution in [1.82, 2.24) is 15.2 Å². The fourth-order valence-corrected chi connectivity index (χ4v) is 1.52. The van der Waals surface area contributed by atoms with E-state index in [0.717, 1.165) is 16.9 Å². The zero-order valence-corrected chi connectivity index (χ0v) is 10.0. The summed E-state index contributed by atoms with van der Waals surface area (Å²) in [5, 5.41) is 10.2. The Bertz CT molecular complexity index is 481. The second-order valence-electron chi connectivity index (χ2n) is 3.66. The predicted molar refractivity (Wildman–Crippen MR) is 66.1 cm³/mol.